The van der Waals surface area contributed by atoms with Gasteiger partial charge in [0.1, 0.15) is 5.75 Å². The zero-order valence-corrected chi connectivity index (χ0v) is 13.7. The standard InChI is InChI=1S/C19H26N2O/c1-15(2)22-19-12-8-7-11-18(19)21-14-13-20-16(3)17-9-5-4-6-10-17/h4-12,15-16,20-21H,13-14H2,1-3H3. The maximum Gasteiger partial charge on any atom is 0.142 e. The van der Waals surface area contributed by atoms with E-state index in [4.69, 9.17) is 4.74 Å². The summed E-state index contributed by atoms with van der Waals surface area (Å²) >= 11 is 0. The van der Waals surface area contributed by atoms with Crippen molar-refractivity contribution in [3.05, 3.63) is 60.2 Å². The third kappa shape index (κ3) is 5.08. The molecule has 118 valence electrons. The first kappa shape index (κ1) is 16.4. The molecule has 0 saturated heterocycles. The van der Waals surface area contributed by atoms with Gasteiger partial charge < -0.3 is 15.4 Å². The fourth-order valence-corrected chi connectivity index (χ4v) is 2.31. The summed E-state index contributed by atoms with van der Waals surface area (Å²) < 4.78 is 5.81. The number of ether oxygens (including phenoxy) is 1. The lowest BCUT2D eigenvalue weighted by atomic mass is 10.1. The van der Waals surface area contributed by atoms with E-state index < -0.39 is 0 Å². The summed E-state index contributed by atoms with van der Waals surface area (Å²) in [5.41, 5.74) is 2.36. The molecule has 0 radical (unpaired) electrons. The first-order chi connectivity index (χ1) is 10.7. The Labute approximate surface area is 133 Å². The van der Waals surface area contributed by atoms with Crippen molar-refractivity contribution in [1.82, 2.24) is 5.32 Å². The van der Waals surface area contributed by atoms with Crippen molar-refractivity contribution in [1.29, 1.82) is 0 Å². The third-order valence-corrected chi connectivity index (χ3v) is 3.44. The minimum absolute atomic E-state index is 0.180. The van der Waals surface area contributed by atoms with Gasteiger partial charge in [-0.25, -0.2) is 0 Å². The summed E-state index contributed by atoms with van der Waals surface area (Å²) in [6, 6.07) is 18.9. The fraction of sp³-hybridized carbons (Fsp3) is 0.368. The Bertz CT molecular complexity index is 554. The average molecular weight is 298 g/mol. The largest absolute Gasteiger partial charge is 0.489 e. The highest BCUT2D eigenvalue weighted by Crippen LogP contribution is 2.24. The van der Waals surface area contributed by atoms with Crippen molar-refractivity contribution in [2.24, 2.45) is 0 Å². The topological polar surface area (TPSA) is 33.3 Å². The smallest absolute Gasteiger partial charge is 0.142 e. The first-order valence-corrected chi connectivity index (χ1v) is 7.94. The second-order valence-electron chi connectivity index (χ2n) is 5.68. The maximum absolute atomic E-state index is 5.81. The Hall–Kier alpha value is -2.00. The average Bonchev–Trinajstić information content (AvgIpc) is 2.53. The molecule has 0 saturated carbocycles. The van der Waals surface area contributed by atoms with E-state index in [2.05, 4.69) is 47.9 Å². The molecule has 0 amide bonds. The molecule has 2 N–H and O–H groups in total. The van der Waals surface area contributed by atoms with Crippen molar-refractivity contribution in [3.8, 4) is 5.75 Å². The molecule has 3 nitrogen and oxygen atoms in total. The second kappa shape index (κ2) is 8.44. The molecule has 2 aromatic rings. The second-order valence-corrected chi connectivity index (χ2v) is 5.68. The molecule has 3 heteroatoms. The van der Waals surface area contributed by atoms with Crippen LogP contribution in [0.1, 0.15) is 32.4 Å². The maximum atomic E-state index is 5.81. The van der Waals surface area contributed by atoms with E-state index in [0.717, 1.165) is 24.5 Å². The van der Waals surface area contributed by atoms with Gasteiger partial charge in [0.05, 0.1) is 11.8 Å². The van der Waals surface area contributed by atoms with Gasteiger partial charge in [-0.3, -0.25) is 0 Å². The Kier molecular flexibility index (Phi) is 6.28. The molecule has 1 unspecified atom stereocenters. The Balaban J connectivity index is 1.79. The van der Waals surface area contributed by atoms with Gasteiger partial charge in [-0.05, 0) is 38.5 Å². The van der Waals surface area contributed by atoms with E-state index in [-0.39, 0.29) is 6.10 Å². The number of para-hydroxylation sites is 2. The SMILES string of the molecule is CC(C)Oc1ccccc1NCCNC(C)c1ccccc1. The molecule has 0 aliphatic heterocycles. The number of anilines is 1. The molecule has 0 spiro atoms. The van der Waals surface area contributed by atoms with Crippen LogP contribution >= 0.6 is 0 Å². The van der Waals surface area contributed by atoms with Crippen LogP contribution in [-0.4, -0.2) is 19.2 Å². The van der Waals surface area contributed by atoms with Gasteiger partial charge in [0.2, 0.25) is 0 Å². The molecule has 0 aromatic heterocycles. The van der Waals surface area contributed by atoms with Crippen molar-refractivity contribution in [3.63, 3.8) is 0 Å². The molecule has 1 atom stereocenters. The fourth-order valence-electron chi connectivity index (χ4n) is 2.31. The van der Waals surface area contributed by atoms with E-state index in [1.807, 2.05) is 38.1 Å². The van der Waals surface area contributed by atoms with Crippen LogP contribution in [-0.2, 0) is 0 Å². The van der Waals surface area contributed by atoms with Gasteiger partial charge in [-0.15, -0.1) is 0 Å². The lowest BCUT2D eigenvalue weighted by Crippen LogP contribution is -2.25. The molecular formula is C19H26N2O. The Morgan fingerprint density at radius 2 is 1.55 bits per heavy atom. The molecule has 0 aliphatic carbocycles. The molecule has 2 rings (SSSR count). The van der Waals surface area contributed by atoms with Gasteiger partial charge in [-0.2, -0.15) is 0 Å². The van der Waals surface area contributed by atoms with E-state index in [1.54, 1.807) is 0 Å². The number of hydrogen-bond acceptors (Lipinski definition) is 3. The number of benzene rings is 2. The number of rotatable bonds is 8. The summed E-state index contributed by atoms with van der Waals surface area (Å²) in [4.78, 5) is 0. The van der Waals surface area contributed by atoms with Crippen LogP contribution in [0.15, 0.2) is 54.6 Å². The Morgan fingerprint density at radius 3 is 2.27 bits per heavy atom. The molecule has 2 aromatic carbocycles. The molecule has 0 heterocycles. The summed E-state index contributed by atoms with van der Waals surface area (Å²) in [6.07, 6.45) is 0.180. The summed E-state index contributed by atoms with van der Waals surface area (Å²) in [5.74, 6) is 0.911. The highest BCUT2D eigenvalue weighted by Gasteiger charge is 2.05. The van der Waals surface area contributed by atoms with Crippen LogP contribution in [0.25, 0.3) is 0 Å². The van der Waals surface area contributed by atoms with Crippen LogP contribution in [0.2, 0.25) is 0 Å². The molecule has 0 bridgehead atoms. The summed E-state index contributed by atoms with van der Waals surface area (Å²) in [7, 11) is 0. The Morgan fingerprint density at radius 1 is 0.864 bits per heavy atom. The van der Waals surface area contributed by atoms with Gasteiger partial charge in [-0.1, -0.05) is 42.5 Å². The van der Waals surface area contributed by atoms with Crippen molar-refractivity contribution in [2.75, 3.05) is 18.4 Å². The lowest BCUT2D eigenvalue weighted by molar-refractivity contribution is 0.243. The van der Waals surface area contributed by atoms with Crippen LogP contribution in [0.3, 0.4) is 0 Å². The van der Waals surface area contributed by atoms with E-state index in [1.165, 1.54) is 5.56 Å². The van der Waals surface area contributed by atoms with Gasteiger partial charge >= 0.3 is 0 Å². The third-order valence-electron chi connectivity index (χ3n) is 3.44. The van der Waals surface area contributed by atoms with Crippen molar-refractivity contribution >= 4 is 5.69 Å². The van der Waals surface area contributed by atoms with E-state index >= 15 is 0 Å². The summed E-state index contributed by atoms with van der Waals surface area (Å²) in [5, 5.41) is 6.96. The number of nitrogens with one attached hydrogen (secondary N) is 2. The normalized spacial score (nSPS) is 12.2. The monoisotopic (exact) mass is 298 g/mol. The minimum Gasteiger partial charge on any atom is -0.489 e. The molecule has 0 aliphatic rings. The van der Waals surface area contributed by atoms with Gasteiger partial charge in [0.15, 0.2) is 0 Å². The highest BCUT2D eigenvalue weighted by molar-refractivity contribution is 5.56. The number of hydrogen-bond donors (Lipinski definition) is 2. The van der Waals surface area contributed by atoms with Gasteiger partial charge in [0, 0.05) is 19.1 Å². The zero-order chi connectivity index (χ0) is 15.8. The summed E-state index contributed by atoms with van der Waals surface area (Å²) in [6.45, 7) is 8.02. The van der Waals surface area contributed by atoms with E-state index in [0.29, 0.717) is 6.04 Å². The van der Waals surface area contributed by atoms with Crippen LogP contribution in [0.5, 0.6) is 5.75 Å². The predicted octanol–water partition coefficient (Wildman–Crippen LogP) is 4.24. The molecular weight excluding hydrogens is 272 g/mol. The van der Waals surface area contributed by atoms with Crippen LogP contribution < -0.4 is 15.4 Å². The lowest BCUT2D eigenvalue weighted by Gasteiger charge is -2.17. The zero-order valence-electron chi connectivity index (χ0n) is 13.7. The van der Waals surface area contributed by atoms with E-state index in [9.17, 15) is 0 Å². The quantitative estimate of drug-likeness (QED) is 0.715. The highest BCUT2D eigenvalue weighted by atomic mass is 16.5. The predicted molar refractivity (Wildman–Crippen MR) is 93.6 cm³/mol. The molecule has 22 heavy (non-hydrogen) atoms. The minimum atomic E-state index is 0.180. The van der Waals surface area contributed by atoms with Crippen molar-refractivity contribution < 1.29 is 4.74 Å². The first-order valence-electron chi connectivity index (χ1n) is 7.94. The van der Waals surface area contributed by atoms with Crippen LogP contribution in [0.4, 0.5) is 5.69 Å². The van der Waals surface area contributed by atoms with Crippen LogP contribution in [0, 0.1) is 0 Å². The van der Waals surface area contributed by atoms with Crippen molar-refractivity contribution in [2.45, 2.75) is 32.9 Å². The molecule has 0 fully saturated rings. The van der Waals surface area contributed by atoms with Gasteiger partial charge in [0.25, 0.3) is 0 Å².